The lowest BCUT2D eigenvalue weighted by Crippen LogP contribution is -2.29. The van der Waals surface area contributed by atoms with Crippen LogP contribution in [0.5, 0.6) is 17.2 Å². The summed E-state index contributed by atoms with van der Waals surface area (Å²) in [7, 11) is -5.68. The number of sulfonamides is 2. The molecule has 5 N–H and O–H groups in total. The smallest absolute Gasteiger partial charge is 0.488 e. The Hall–Kier alpha value is -3.60. The molecule has 0 saturated heterocycles. The second kappa shape index (κ2) is 17.3. The molecule has 0 aliphatic heterocycles. The highest BCUT2D eigenvalue weighted by Crippen LogP contribution is 2.34. The van der Waals surface area contributed by atoms with Crippen LogP contribution in [0.3, 0.4) is 0 Å². The molecule has 0 aliphatic carbocycles. The zero-order chi connectivity index (χ0) is 37.5. The quantitative estimate of drug-likeness (QED) is 0.108. The van der Waals surface area contributed by atoms with Crippen molar-refractivity contribution < 1.29 is 36.7 Å². The SMILES string of the molecule is CNS(=O)(=O)c1ccc2c(O)cccc2c1.CNS(=O)(=O)c1ccc2c(Oc3ccc(Cl)c(Cl)c3)cccc2c1.OB(O)c1ccc(Cl)c(Cl)c1. The first kappa shape index (κ1) is 40.2. The van der Waals surface area contributed by atoms with Crippen LogP contribution in [0.1, 0.15) is 0 Å². The van der Waals surface area contributed by atoms with Crippen molar-refractivity contribution in [1.82, 2.24) is 9.44 Å². The largest absolute Gasteiger partial charge is 0.507 e. The minimum atomic E-state index is -3.49. The Morgan fingerprint density at radius 3 is 1.63 bits per heavy atom. The molecule has 0 aromatic heterocycles. The first-order valence-electron chi connectivity index (χ1n) is 14.6. The summed E-state index contributed by atoms with van der Waals surface area (Å²) in [5.74, 6) is 1.29. The second-order valence-electron chi connectivity index (χ2n) is 10.4. The third kappa shape index (κ3) is 10.3. The van der Waals surface area contributed by atoms with Gasteiger partial charge in [-0.05, 0) is 103 Å². The van der Waals surface area contributed by atoms with Crippen molar-refractivity contribution in [1.29, 1.82) is 0 Å². The first-order chi connectivity index (χ1) is 24.1. The summed E-state index contributed by atoms with van der Waals surface area (Å²) in [6.45, 7) is 0. The van der Waals surface area contributed by atoms with Gasteiger partial charge >= 0.3 is 7.12 Å². The number of nitrogens with one attached hydrogen (secondary N) is 2. The van der Waals surface area contributed by atoms with E-state index in [1.807, 2.05) is 6.07 Å². The fraction of sp³-hybridized carbons (Fsp3) is 0.0588. The van der Waals surface area contributed by atoms with E-state index in [4.69, 9.17) is 61.2 Å². The van der Waals surface area contributed by atoms with Crippen LogP contribution >= 0.6 is 46.4 Å². The molecule has 6 aromatic rings. The highest BCUT2D eigenvalue weighted by Gasteiger charge is 2.15. The minimum absolute atomic E-state index is 0.144. The number of ether oxygens (including phenoxy) is 1. The first-order valence-corrected chi connectivity index (χ1v) is 19.1. The fourth-order valence-electron chi connectivity index (χ4n) is 4.48. The van der Waals surface area contributed by atoms with Crippen molar-refractivity contribution in [3.63, 3.8) is 0 Å². The summed E-state index contributed by atoms with van der Waals surface area (Å²) in [6.07, 6.45) is 0. The molecule has 0 bridgehead atoms. The van der Waals surface area contributed by atoms with Gasteiger partial charge in [0, 0.05) is 16.8 Å². The van der Waals surface area contributed by atoms with Gasteiger partial charge in [-0.25, -0.2) is 26.3 Å². The molecule has 51 heavy (non-hydrogen) atoms. The average Bonchev–Trinajstić information content (AvgIpc) is 3.11. The van der Waals surface area contributed by atoms with Gasteiger partial charge in [0.05, 0.1) is 29.9 Å². The Kier molecular flexibility index (Phi) is 13.6. The molecule has 0 fully saturated rings. The molecule has 0 amide bonds. The van der Waals surface area contributed by atoms with Crippen LogP contribution in [0.15, 0.2) is 119 Å². The number of rotatable bonds is 7. The zero-order valence-corrected chi connectivity index (χ0v) is 31.3. The molecular formula is C34H29BCl4N2O8S2. The summed E-state index contributed by atoms with van der Waals surface area (Å²) < 4.78 is 57.4. The lowest BCUT2D eigenvalue weighted by Gasteiger charge is -2.11. The van der Waals surface area contributed by atoms with Gasteiger partial charge in [-0.2, -0.15) is 0 Å². The molecule has 6 aromatic carbocycles. The summed E-state index contributed by atoms with van der Waals surface area (Å²) >= 11 is 23.1. The van der Waals surface area contributed by atoms with E-state index in [1.165, 1.54) is 50.5 Å². The van der Waals surface area contributed by atoms with Crippen LogP contribution in [0.25, 0.3) is 21.5 Å². The average molecular weight is 810 g/mol. The van der Waals surface area contributed by atoms with Gasteiger partial charge in [-0.3, -0.25) is 0 Å². The number of phenols is 1. The van der Waals surface area contributed by atoms with Crippen molar-refractivity contribution in [3.8, 4) is 17.2 Å². The van der Waals surface area contributed by atoms with E-state index in [1.54, 1.807) is 66.7 Å². The van der Waals surface area contributed by atoms with Crippen LogP contribution in [0.2, 0.25) is 20.1 Å². The fourth-order valence-corrected chi connectivity index (χ4v) is 6.60. The van der Waals surface area contributed by atoms with E-state index >= 15 is 0 Å². The van der Waals surface area contributed by atoms with E-state index < -0.39 is 27.2 Å². The van der Waals surface area contributed by atoms with Crippen molar-refractivity contribution in [2.45, 2.75) is 9.79 Å². The number of benzene rings is 6. The Morgan fingerprint density at radius 1 is 0.588 bits per heavy atom. The lowest BCUT2D eigenvalue weighted by atomic mass is 9.80. The molecule has 0 atom stereocenters. The zero-order valence-electron chi connectivity index (χ0n) is 26.7. The minimum Gasteiger partial charge on any atom is -0.507 e. The molecule has 17 heteroatoms. The number of phenolic OH excluding ortho intramolecular Hbond substituents is 1. The van der Waals surface area contributed by atoms with Crippen LogP contribution < -0.4 is 19.6 Å². The Morgan fingerprint density at radius 2 is 1.10 bits per heavy atom. The van der Waals surface area contributed by atoms with Gasteiger partial charge in [0.2, 0.25) is 20.0 Å². The Bertz CT molecular complexity index is 2420. The summed E-state index contributed by atoms with van der Waals surface area (Å²) in [6, 6.07) is 29.3. The molecule has 6 rings (SSSR count). The predicted molar refractivity (Wildman–Crippen MR) is 205 cm³/mol. The number of hydrogen-bond donors (Lipinski definition) is 5. The monoisotopic (exact) mass is 808 g/mol. The van der Waals surface area contributed by atoms with E-state index in [0.29, 0.717) is 47.8 Å². The van der Waals surface area contributed by atoms with E-state index in [0.717, 1.165) is 10.8 Å². The third-order valence-electron chi connectivity index (χ3n) is 7.16. The van der Waals surface area contributed by atoms with Crippen molar-refractivity contribution in [2.24, 2.45) is 0 Å². The standard InChI is InChI=1S/C17H13Cl2NO3S.C11H11NO3S.C6H5BCl2O2/c1-20-24(21,22)13-6-7-14-11(9-13)3-2-4-17(14)23-12-5-8-15(18)16(19)10-12;1-12-16(14,15)9-5-6-10-8(7-9)3-2-4-11(10)13;8-5-2-1-4(7(10)11)3-6(5)9/h2-10,20H,1H3;2-7,12-13H,1H3;1-3,10-11H. The molecule has 10 nitrogen and oxygen atoms in total. The second-order valence-corrected chi connectivity index (χ2v) is 15.8. The Balaban J connectivity index is 0.000000186. The lowest BCUT2D eigenvalue weighted by molar-refractivity contribution is 0.425. The number of fused-ring (bicyclic) bond motifs is 2. The number of halogens is 4. The van der Waals surface area contributed by atoms with Gasteiger partial charge in [0.15, 0.2) is 0 Å². The maximum atomic E-state index is 11.9. The van der Waals surface area contributed by atoms with E-state index in [9.17, 15) is 21.9 Å². The number of aromatic hydroxyl groups is 1. The van der Waals surface area contributed by atoms with Crippen LogP contribution in [-0.4, -0.2) is 53.2 Å². The van der Waals surface area contributed by atoms with Crippen molar-refractivity contribution in [3.05, 3.63) is 129 Å². The van der Waals surface area contributed by atoms with Gasteiger partial charge in [-0.15, -0.1) is 0 Å². The van der Waals surface area contributed by atoms with Crippen molar-refractivity contribution in [2.75, 3.05) is 14.1 Å². The molecule has 266 valence electrons. The molecule has 0 saturated carbocycles. The summed E-state index contributed by atoms with van der Waals surface area (Å²) in [4.78, 5) is 0.386. The molecule has 0 unspecified atom stereocenters. The molecule has 0 radical (unpaired) electrons. The maximum absolute atomic E-state index is 11.9. The highest BCUT2D eigenvalue weighted by molar-refractivity contribution is 7.89. The van der Waals surface area contributed by atoms with E-state index in [2.05, 4.69) is 9.44 Å². The van der Waals surface area contributed by atoms with Gasteiger partial charge < -0.3 is 19.9 Å². The molecule has 0 spiro atoms. The van der Waals surface area contributed by atoms with Gasteiger partial charge in [0.1, 0.15) is 17.2 Å². The molecular weight excluding hydrogens is 781 g/mol. The summed E-state index contributed by atoms with van der Waals surface area (Å²) in [5, 5.41) is 31.4. The van der Waals surface area contributed by atoms with Crippen LogP contribution in [-0.2, 0) is 20.0 Å². The van der Waals surface area contributed by atoms with Crippen molar-refractivity contribution >= 4 is 101 Å². The van der Waals surface area contributed by atoms with E-state index in [-0.39, 0.29) is 15.5 Å². The topological polar surface area (TPSA) is 162 Å². The maximum Gasteiger partial charge on any atom is 0.488 e. The van der Waals surface area contributed by atoms with Crippen LogP contribution in [0, 0.1) is 0 Å². The third-order valence-corrected chi connectivity index (χ3v) is 11.5. The number of hydrogen-bond acceptors (Lipinski definition) is 8. The summed E-state index contributed by atoms with van der Waals surface area (Å²) in [5.41, 5.74) is 0.333. The highest BCUT2D eigenvalue weighted by atomic mass is 35.5. The Labute approximate surface area is 315 Å². The van der Waals surface area contributed by atoms with Crippen LogP contribution in [0.4, 0.5) is 0 Å². The molecule has 0 aliphatic rings. The normalized spacial score (nSPS) is 11.3. The molecule has 0 heterocycles. The van der Waals surface area contributed by atoms with Gasteiger partial charge in [-0.1, -0.05) is 76.7 Å². The van der Waals surface area contributed by atoms with Gasteiger partial charge in [0.25, 0.3) is 0 Å². The predicted octanol–water partition coefficient (Wildman–Crippen LogP) is 6.97.